The quantitative estimate of drug-likeness (QED) is 0.876. The molecule has 1 aromatic carbocycles. The summed E-state index contributed by atoms with van der Waals surface area (Å²) in [5.74, 6) is 0.800. The summed E-state index contributed by atoms with van der Waals surface area (Å²) in [5.41, 5.74) is 1.57. The third-order valence-electron chi connectivity index (χ3n) is 4.56. The van der Waals surface area contributed by atoms with Crippen molar-refractivity contribution in [3.05, 3.63) is 35.9 Å². The minimum absolute atomic E-state index is 0.191. The molecule has 21 heavy (non-hydrogen) atoms. The molecule has 0 amide bonds. The van der Waals surface area contributed by atoms with Gasteiger partial charge in [-0.15, -0.1) is 0 Å². The number of rotatable bonds is 6. The van der Waals surface area contributed by atoms with Gasteiger partial charge in [0.15, 0.2) is 0 Å². The first-order valence-electron chi connectivity index (χ1n) is 7.88. The van der Waals surface area contributed by atoms with Crippen molar-refractivity contribution in [3.8, 4) is 0 Å². The van der Waals surface area contributed by atoms with Gasteiger partial charge >= 0.3 is 0 Å². The number of benzene rings is 1. The fourth-order valence-corrected chi connectivity index (χ4v) is 3.57. The van der Waals surface area contributed by atoms with Crippen LogP contribution in [0.5, 0.6) is 0 Å². The highest BCUT2D eigenvalue weighted by Crippen LogP contribution is 2.28. The van der Waals surface area contributed by atoms with E-state index in [0.717, 1.165) is 38.2 Å². The van der Waals surface area contributed by atoms with Crippen molar-refractivity contribution in [2.45, 2.75) is 38.3 Å². The lowest BCUT2D eigenvalue weighted by molar-refractivity contribution is 0.0844. The monoisotopic (exact) mass is 308 g/mol. The molecule has 1 aliphatic heterocycles. The van der Waals surface area contributed by atoms with Gasteiger partial charge in [0, 0.05) is 47.5 Å². The lowest BCUT2D eigenvalue weighted by Gasteiger charge is -2.46. The zero-order valence-electron chi connectivity index (χ0n) is 13.5. The Morgan fingerprint density at radius 3 is 2.71 bits per heavy atom. The number of nitrogens with zero attached hydrogens (tertiary/aromatic N) is 1. The van der Waals surface area contributed by atoms with Crippen LogP contribution in [0.25, 0.3) is 0 Å². The van der Waals surface area contributed by atoms with Crippen LogP contribution >= 0.6 is 0 Å². The number of hydrogen-bond donors (Lipinski definition) is 1. The van der Waals surface area contributed by atoms with E-state index < -0.39 is 10.8 Å². The van der Waals surface area contributed by atoms with Gasteiger partial charge in [-0.05, 0) is 31.9 Å². The predicted octanol–water partition coefficient (Wildman–Crippen LogP) is 2.57. The molecule has 3 nitrogen and oxygen atoms in total. The average Bonchev–Trinajstić information content (AvgIpc) is 2.48. The molecule has 0 bridgehead atoms. The second-order valence-electron chi connectivity index (χ2n) is 6.32. The molecule has 0 spiro atoms. The van der Waals surface area contributed by atoms with Gasteiger partial charge < -0.3 is 5.32 Å². The minimum Gasteiger partial charge on any atom is -0.308 e. The zero-order valence-corrected chi connectivity index (χ0v) is 14.3. The molecule has 1 aromatic rings. The van der Waals surface area contributed by atoms with Crippen LogP contribution in [0.1, 0.15) is 38.3 Å². The molecule has 0 radical (unpaired) electrons. The molecule has 1 heterocycles. The van der Waals surface area contributed by atoms with Crippen molar-refractivity contribution in [2.75, 3.05) is 31.6 Å². The van der Waals surface area contributed by atoms with Crippen LogP contribution in [0.3, 0.4) is 0 Å². The highest BCUT2D eigenvalue weighted by atomic mass is 32.2. The van der Waals surface area contributed by atoms with Crippen molar-refractivity contribution in [1.82, 2.24) is 10.2 Å². The fraction of sp³-hybridized carbons (Fsp3) is 0.647. The Labute approximate surface area is 131 Å². The van der Waals surface area contributed by atoms with Crippen LogP contribution in [0.15, 0.2) is 30.3 Å². The summed E-state index contributed by atoms with van der Waals surface area (Å²) < 4.78 is 11.3. The zero-order chi connectivity index (χ0) is 15.3. The Hall–Kier alpha value is -0.710. The van der Waals surface area contributed by atoms with Gasteiger partial charge in [0.25, 0.3) is 0 Å². The molecule has 3 atom stereocenters. The van der Waals surface area contributed by atoms with E-state index in [9.17, 15) is 4.21 Å². The number of nitrogens with one attached hydrogen (secondary N) is 1. The van der Waals surface area contributed by atoms with E-state index in [0.29, 0.717) is 6.04 Å². The Bertz CT molecular complexity index is 465. The third kappa shape index (κ3) is 4.63. The van der Waals surface area contributed by atoms with E-state index in [1.54, 1.807) is 6.26 Å². The molecule has 0 aliphatic carbocycles. The molecule has 1 N–H and O–H groups in total. The van der Waals surface area contributed by atoms with E-state index in [2.05, 4.69) is 54.4 Å². The minimum atomic E-state index is -0.689. The van der Waals surface area contributed by atoms with E-state index in [-0.39, 0.29) is 5.54 Å². The maximum absolute atomic E-state index is 11.3. The highest BCUT2D eigenvalue weighted by molar-refractivity contribution is 7.84. The van der Waals surface area contributed by atoms with E-state index in [1.807, 2.05) is 0 Å². The average molecular weight is 308 g/mol. The molecule has 4 heteroatoms. The Morgan fingerprint density at radius 2 is 2.10 bits per heavy atom. The van der Waals surface area contributed by atoms with Gasteiger partial charge in [-0.2, -0.15) is 0 Å². The summed E-state index contributed by atoms with van der Waals surface area (Å²) in [7, 11) is -0.689. The van der Waals surface area contributed by atoms with E-state index >= 15 is 0 Å². The topological polar surface area (TPSA) is 32.3 Å². The van der Waals surface area contributed by atoms with Gasteiger partial charge in [-0.3, -0.25) is 9.11 Å². The first-order chi connectivity index (χ1) is 10.0. The Kier molecular flexibility index (Phi) is 5.97. The number of hydrogen-bond acceptors (Lipinski definition) is 3. The van der Waals surface area contributed by atoms with Crippen molar-refractivity contribution in [3.63, 3.8) is 0 Å². The van der Waals surface area contributed by atoms with Gasteiger partial charge in [0.1, 0.15) is 0 Å². The third-order valence-corrected chi connectivity index (χ3v) is 5.42. The van der Waals surface area contributed by atoms with Crippen molar-refractivity contribution >= 4 is 10.8 Å². The number of piperazine rings is 1. The van der Waals surface area contributed by atoms with Crippen LogP contribution < -0.4 is 5.32 Å². The highest BCUT2D eigenvalue weighted by Gasteiger charge is 2.34. The molecular formula is C17H28N2OS. The summed E-state index contributed by atoms with van der Waals surface area (Å²) in [6.45, 7) is 7.62. The Morgan fingerprint density at radius 1 is 1.38 bits per heavy atom. The summed E-state index contributed by atoms with van der Waals surface area (Å²) in [6, 6.07) is 11.2. The van der Waals surface area contributed by atoms with E-state index in [1.165, 1.54) is 5.56 Å². The van der Waals surface area contributed by atoms with Crippen molar-refractivity contribution < 1.29 is 4.21 Å². The predicted molar refractivity (Wildman–Crippen MR) is 91.0 cm³/mol. The van der Waals surface area contributed by atoms with Crippen LogP contribution in [-0.4, -0.2) is 46.3 Å². The van der Waals surface area contributed by atoms with E-state index in [4.69, 9.17) is 0 Å². The summed E-state index contributed by atoms with van der Waals surface area (Å²) in [6.07, 6.45) is 3.93. The molecule has 1 fully saturated rings. The van der Waals surface area contributed by atoms with Gasteiger partial charge in [0.2, 0.25) is 0 Å². The molecule has 2 rings (SSSR count). The lowest BCUT2D eigenvalue weighted by Crippen LogP contribution is -2.59. The largest absolute Gasteiger partial charge is 0.308 e. The molecule has 3 unspecified atom stereocenters. The first kappa shape index (κ1) is 16.7. The second kappa shape index (κ2) is 7.52. The molecule has 0 saturated carbocycles. The summed E-state index contributed by atoms with van der Waals surface area (Å²) in [5, 5.41) is 3.72. The van der Waals surface area contributed by atoms with Crippen LogP contribution in [-0.2, 0) is 10.8 Å². The SMILES string of the molecule is CCC1(C)CN(CCCS(C)=O)C(c2ccccc2)CN1. The smallest absolute Gasteiger partial charge is 0.0473 e. The molecule has 1 saturated heterocycles. The van der Waals surface area contributed by atoms with Crippen molar-refractivity contribution in [1.29, 1.82) is 0 Å². The molecular weight excluding hydrogens is 280 g/mol. The summed E-state index contributed by atoms with van der Waals surface area (Å²) >= 11 is 0. The second-order valence-corrected chi connectivity index (χ2v) is 7.88. The van der Waals surface area contributed by atoms with Gasteiger partial charge in [-0.25, -0.2) is 0 Å². The van der Waals surface area contributed by atoms with Crippen molar-refractivity contribution in [2.24, 2.45) is 0 Å². The first-order valence-corrected chi connectivity index (χ1v) is 9.61. The molecule has 118 valence electrons. The summed E-state index contributed by atoms with van der Waals surface area (Å²) in [4.78, 5) is 2.57. The van der Waals surface area contributed by atoms with Crippen LogP contribution in [0, 0.1) is 0 Å². The standard InChI is InChI=1S/C17H28N2OS/c1-4-17(2)14-19(11-8-12-21(3)20)16(13-18-17)15-9-6-5-7-10-15/h5-7,9-10,16,18H,4,8,11-14H2,1-3H3. The Balaban J connectivity index is 2.08. The lowest BCUT2D eigenvalue weighted by atomic mass is 9.91. The maximum Gasteiger partial charge on any atom is 0.0473 e. The normalized spacial score (nSPS) is 28.4. The van der Waals surface area contributed by atoms with Crippen LogP contribution in [0.2, 0.25) is 0 Å². The van der Waals surface area contributed by atoms with Crippen LogP contribution in [0.4, 0.5) is 0 Å². The van der Waals surface area contributed by atoms with Gasteiger partial charge in [0.05, 0.1) is 0 Å². The molecule has 1 aliphatic rings. The molecule has 0 aromatic heterocycles. The van der Waals surface area contributed by atoms with Gasteiger partial charge in [-0.1, -0.05) is 37.3 Å². The maximum atomic E-state index is 11.3. The fourth-order valence-electron chi connectivity index (χ4n) is 3.03.